The summed E-state index contributed by atoms with van der Waals surface area (Å²) in [5.74, 6) is 0.164. The maximum atomic E-state index is 14.8. The van der Waals surface area contributed by atoms with Crippen molar-refractivity contribution in [2.45, 2.75) is 50.6 Å². The summed E-state index contributed by atoms with van der Waals surface area (Å²) in [4.78, 5) is 72.6. The molecule has 0 spiro atoms. The van der Waals surface area contributed by atoms with Gasteiger partial charge in [0.15, 0.2) is 0 Å². The van der Waals surface area contributed by atoms with Crippen LogP contribution in [-0.4, -0.2) is 152 Å². The molecule has 0 aliphatic carbocycles. The van der Waals surface area contributed by atoms with Crippen molar-refractivity contribution < 1.29 is 24.3 Å². The number of fused-ring (bicyclic) bond motifs is 2. The van der Waals surface area contributed by atoms with E-state index in [1.807, 2.05) is 72.3 Å². The summed E-state index contributed by atoms with van der Waals surface area (Å²) in [5, 5.41) is 20.1. The minimum atomic E-state index is -0.945. The number of piperidine rings is 1. The maximum Gasteiger partial charge on any atom is 0.334 e. The van der Waals surface area contributed by atoms with E-state index in [9.17, 15) is 24.3 Å². The summed E-state index contributed by atoms with van der Waals surface area (Å²) in [6.07, 6.45) is 6.71. The first-order valence-corrected chi connectivity index (χ1v) is 22.9. The Morgan fingerprint density at radius 1 is 0.879 bits per heavy atom. The number of para-hydroxylation sites is 1. The van der Waals surface area contributed by atoms with Gasteiger partial charge in [-0.3, -0.25) is 19.3 Å². The Morgan fingerprint density at radius 2 is 1.64 bits per heavy atom. The number of hydrogen-bond donors (Lipinski definition) is 3. The Bertz CT molecular complexity index is 2550. The number of aromatic hydroxyl groups is 1. The average Bonchev–Trinajstić information content (AvgIpc) is 3.68. The molecule has 0 saturated carbocycles. The number of amides is 5. The quantitative estimate of drug-likeness (QED) is 0.153. The van der Waals surface area contributed by atoms with E-state index in [1.54, 1.807) is 62.6 Å². The number of hydrogen-bond acceptors (Lipinski definition) is 10. The third kappa shape index (κ3) is 9.34. The SMILES string of the molecule is C=CCN1CC(=O)N2[C@@H](Cc3ccc(O)cc3)C(=O)N(Cc3cccc4c(C(=O)Nc5ccc(N6CCC(N7CCN(C)CC7)CC6)nc5)cn(C)c34)C[C@@H]2N1C(=O)NCc1ccccc1. The molecule has 4 saturated heterocycles. The van der Waals surface area contributed by atoms with E-state index in [0.29, 0.717) is 17.3 Å². The van der Waals surface area contributed by atoms with Gasteiger partial charge in [-0.2, -0.15) is 0 Å². The molecule has 16 heteroatoms. The normalized spacial score (nSPS) is 20.2. The van der Waals surface area contributed by atoms with Gasteiger partial charge in [0.25, 0.3) is 5.91 Å². The second-order valence-electron chi connectivity index (χ2n) is 17.9. The number of phenols is 1. The van der Waals surface area contributed by atoms with Crippen molar-refractivity contribution in [3.8, 4) is 5.75 Å². The van der Waals surface area contributed by atoms with Crippen molar-refractivity contribution >= 4 is 46.2 Å². The number of carbonyl (C=O) groups is 4. The van der Waals surface area contributed by atoms with Gasteiger partial charge in [-0.25, -0.2) is 19.8 Å². The van der Waals surface area contributed by atoms with Gasteiger partial charge in [-0.15, -0.1) is 6.58 Å². The first kappa shape index (κ1) is 44.5. The maximum absolute atomic E-state index is 14.8. The van der Waals surface area contributed by atoms with E-state index in [-0.39, 0.29) is 62.6 Å². The Balaban J connectivity index is 0.941. The second kappa shape index (κ2) is 19.4. The number of benzene rings is 3. The van der Waals surface area contributed by atoms with Crippen LogP contribution in [-0.2, 0) is 36.1 Å². The molecule has 0 radical (unpaired) electrons. The minimum absolute atomic E-state index is 0.0362. The summed E-state index contributed by atoms with van der Waals surface area (Å²) in [6.45, 7) is 10.9. The van der Waals surface area contributed by atoms with Crippen molar-refractivity contribution in [1.82, 2.24) is 44.5 Å². The summed E-state index contributed by atoms with van der Waals surface area (Å²) >= 11 is 0. The number of aryl methyl sites for hydroxylation is 1. The molecule has 4 aliphatic rings. The number of carbonyl (C=O) groups excluding carboxylic acids is 4. The highest BCUT2D eigenvalue weighted by Gasteiger charge is 2.51. The van der Waals surface area contributed by atoms with Gasteiger partial charge in [-0.1, -0.05) is 66.7 Å². The predicted molar refractivity (Wildman–Crippen MR) is 253 cm³/mol. The van der Waals surface area contributed by atoms with Crippen molar-refractivity contribution in [3.63, 3.8) is 0 Å². The fourth-order valence-corrected chi connectivity index (χ4v) is 10.1. The molecule has 2 atom stereocenters. The van der Waals surface area contributed by atoms with Crippen LogP contribution >= 0.6 is 0 Å². The van der Waals surface area contributed by atoms with Crippen molar-refractivity contribution in [1.29, 1.82) is 0 Å². The number of aromatic nitrogens is 2. The van der Waals surface area contributed by atoms with Crippen molar-refractivity contribution in [2.24, 2.45) is 7.05 Å². The number of rotatable bonds is 12. The highest BCUT2D eigenvalue weighted by molar-refractivity contribution is 6.13. The topological polar surface area (TPSA) is 153 Å². The van der Waals surface area contributed by atoms with E-state index < -0.39 is 18.2 Å². The zero-order valence-corrected chi connectivity index (χ0v) is 37.8. The van der Waals surface area contributed by atoms with Crippen molar-refractivity contribution in [2.75, 3.05) is 76.2 Å². The smallest absolute Gasteiger partial charge is 0.334 e. The van der Waals surface area contributed by atoms with Crippen molar-refractivity contribution in [3.05, 3.63) is 132 Å². The number of anilines is 2. The van der Waals surface area contributed by atoms with Crippen LogP contribution in [0.3, 0.4) is 0 Å². The third-order valence-electron chi connectivity index (χ3n) is 13.6. The van der Waals surface area contributed by atoms with Crippen LogP contribution in [0.5, 0.6) is 5.75 Å². The van der Waals surface area contributed by atoms with E-state index in [2.05, 4.69) is 39.0 Å². The molecule has 344 valence electrons. The summed E-state index contributed by atoms with van der Waals surface area (Å²) in [5.41, 5.74) is 4.32. The van der Waals surface area contributed by atoms with E-state index in [1.165, 1.54) is 0 Å². The van der Waals surface area contributed by atoms with Crippen LogP contribution in [0.4, 0.5) is 16.3 Å². The highest BCUT2D eigenvalue weighted by atomic mass is 16.3. The van der Waals surface area contributed by atoms with Gasteiger partial charge in [0, 0.05) is 90.0 Å². The van der Waals surface area contributed by atoms with Gasteiger partial charge in [0.05, 0.1) is 36.1 Å². The van der Waals surface area contributed by atoms with Crippen LogP contribution in [0.25, 0.3) is 10.9 Å². The molecule has 4 fully saturated rings. The molecule has 66 heavy (non-hydrogen) atoms. The van der Waals surface area contributed by atoms with Crippen LogP contribution in [0.1, 0.15) is 39.9 Å². The fourth-order valence-electron chi connectivity index (χ4n) is 10.1. The van der Waals surface area contributed by atoms with E-state index in [0.717, 1.165) is 85.5 Å². The Hall–Kier alpha value is -6.75. The third-order valence-corrected chi connectivity index (χ3v) is 13.6. The summed E-state index contributed by atoms with van der Waals surface area (Å²) in [6, 6.07) is 25.0. The van der Waals surface area contributed by atoms with Gasteiger partial charge in [0.2, 0.25) is 11.8 Å². The number of hydrazine groups is 1. The number of pyridine rings is 1. The summed E-state index contributed by atoms with van der Waals surface area (Å²) in [7, 11) is 4.07. The Labute approximate surface area is 385 Å². The monoisotopic (exact) mass is 893 g/mol. The number of urea groups is 1. The molecule has 5 aromatic rings. The van der Waals surface area contributed by atoms with Gasteiger partial charge in [-0.05, 0) is 60.8 Å². The summed E-state index contributed by atoms with van der Waals surface area (Å²) < 4.78 is 1.90. The van der Waals surface area contributed by atoms with Crippen LogP contribution in [0.2, 0.25) is 0 Å². The average molecular weight is 894 g/mol. The molecule has 6 heterocycles. The largest absolute Gasteiger partial charge is 0.508 e. The molecule has 3 N–H and O–H groups in total. The molecular formula is C50H59N11O5. The zero-order chi connectivity index (χ0) is 45.9. The lowest BCUT2D eigenvalue weighted by Gasteiger charge is -2.55. The van der Waals surface area contributed by atoms with Gasteiger partial charge < -0.3 is 39.9 Å². The minimum Gasteiger partial charge on any atom is -0.508 e. The molecule has 9 rings (SSSR count). The van der Waals surface area contributed by atoms with Gasteiger partial charge >= 0.3 is 6.03 Å². The number of nitrogens with one attached hydrogen (secondary N) is 2. The van der Waals surface area contributed by atoms with Crippen LogP contribution in [0.15, 0.2) is 110 Å². The highest BCUT2D eigenvalue weighted by Crippen LogP contribution is 2.32. The number of likely N-dealkylation sites (N-methyl/N-ethyl adjacent to an activating group) is 1. The first-order valence-electron chi connectivity index (χ1n) is 22.9. The zero-order valence-electron chi connectivity index (χ0n) is 37.8. The lowest BCUT2D eigenvalue weighted by atomic mass is 9.98. The van der Waals surface area contributed by atoms with Crippen LogP contribution in [0, 0.1) is 0 Å². The van der Waals surface area contributed by atoms with Gasteiger partial charge in [0.1, 0.15) is 23.8 Å². The Kier molecular flexibility index (Phi) is 13.1. The number of piperazine rings is 2. The molecule has 0 unspecified atom stereocenters. The first-order chi connectivity index (χ1) is 32.0. The fraction of sp³-hybridized carbons (Fsp3) is 0.380. The molecule has 4 aliphatic heterocycles. The molecule has 16 nitrogen and oxygen atoms in total. The molecular weight excluding hydrogens is 835 g/mol. The molecule has 0 bridgehead atoms. The molecule has 2 aromatic heterocycles. The lowest BCUT2D eigenvalue weighted by Crippen LogP contribution is -2.76. The predicted octanol–water partition coefficient (Wildman–Crippen LogP) is 4.48. The number of phenolic OH excluding ortho intramolecular Hbond substituents is 1. The number of nitrogens with zero attached hydrogens (tertiary/aromatic N) is 9. The van der Waals surface area contributed by atoms with E-state index in [4.69, 9.17) is 4.98 Å². The molecule has 3 aromatic carbocycles. The van der Waals surface area contributed by atoms with Crippen LogP contribution < -0.4 is 15.5 Å². The second-order valence-corrected chi connectivity index (χ2v) is 17.9. The molecule has 5 amide bonds. The lowest BCUT2D eigenvalue weighted by molar-refractivity contribution is -0.189. The Morgan fingerprint density at radius 3 is 2.35 bits per heavy atom. The standard InChI is InChI=1S/C50H59N11O5/c1-4-21-59-34-46(63)60-43(28-35-13-16-40(62)17-14-35)49(65)58(33-45(60)61(59)50(66)52-29-36-9-6-5-7-10-36)31-37-11-8-12-41-42(32-55(3)47(37)41)48(64)53-38-15-18-44(51-30-38)57-22-19-39(20-23-57)56-26-24-54(2)25-27-56/h4-18,30,32,39,43,45,62H,1,19-29,31,33-34H2,2-3H3,(H,52,66)(H,53,64)/t43-,45-/m0/s1. The van der Waals surface area contributed by atoms with E-state index >= 15 is 0 Å².